The highest BCUT2D eigenvalue weighted by molar-refractivity contribution is 9.10. The van der Waals surface area contributed by atoms with Crippen molar-refractivity contribution in [2.24, 2.45) is 5.73 Å². The van der Waals surface area contributed by atoms with Crippen LogP contribution >= 0.6 is 15.9 Å². The van der Waals surface area contributed by atoms with Crippen LogP contribution in [0.2, 0.25) is 0 Å². The second kappa shape index (κ2) is 8.32. The zero-order valence-electron chi connectivity index (χ0n) is 12.1. The Hall–Kier alpha value is -1.16. The van der Waals surface area contributed by atoms with Crippen LogP contribution in [0, 0.1) is 0 Å². The van der Waals surface area contributed by atoms with E-state index in [1.165, 1.54) is 5.56 Å². The zero-order chi connectivity index (χ0) is 15.1. The third kappa shape index (κ3) is 4.95. The molecule has 0 spiro atoms. The molecule has 21 heavy (non-hydrogen) atoms. The highest BCUT2D eigenvalue weighted by atomic mass is 79.9. The van der Waals surface area contributed by atoms with Crippen molar-refractivity contribution in [2.45, 2.75) is 31.3 Å². The van der Waals surface area contributed by atoms with Gasteiger partial charge >= 0.3 is 0 Å². The minimum Gasteiger partial charge on any atom is -0.392 e. The molecule has 0 aliphatic heterocycles. The molecule has 0 aliphatic carbocycles. The number of hydrogen-bond donors (Lipinski definition) is 2. The fourth-order valence-corrected chi connectivity index (χ4v) is 3.03. The molecule has 0 radical (unpaired) electrons. The number of benzene rings is 2. The standard InChI is InChI=1S/C18H22BrNO/c19-16-10-5-9-15(12-16)17(13-20)18(21)11-4-8-14-6-2-1-3-7-14/h1-3,5-7,9-10,12,17-18,21H,4,8,11,13,20H2. The van der Waals surface area contributed by atoms with Gasteiger partial charge in [-0.15, -0.1) is 0 Å². The maximum atomic E-state index is 10.4. The van der Waals surface area contributed by atoms with Crippen LogP contribution in [0.4, 0.5) is 0 Å². The molecule has 0 saturated heterocycles. The molecule has 112 valence electrons. The highest BCUT2D eigenvalue weighted by Crippen LogP contribution is 2.24. The van der Waals surface area contributed by atoms with Crippen LogP contribution in [0.1, 0.15) is 29.9 Å². The van der Waals surface area contributed by atoms with E-state index in [4.69, 9.17) is 5.73 Å². The molecular weight excluding hydrogens is 326 g/mol. The number of rotatable bonds is 7. The Morgan fingerprint density at radius 1 is 1.05 bits per heavy atom. The predicted octanol–water partition coefficient (Wildman–Crippen LogP) is 3.88. The predicted molar refractivity (Wildman–Crippen MR) is 91.3 cm³/mol. The fourth-order valence-electron chi connectivity index (χ4n) is 2.61. The SMILES string of the molecule is NCC(c1cccc(Br)c1)C(O)CCCc1ccccc1. The van der Waals surface area contributed by atoms with Gasteiger partial charge in [-0.05, 0) is 42.5 Å². The number of aliphatic hydroxyl groups excluding tert-OH is 1. The van der Waals surface area contributed by atoms with E-state index in [9.17, 15) is 5.11 Å². The summed E-state index contributed by atoms with van der Waals surface area (Å²) in [6, 6.07) is 18.4. The molecule has 3 heteroatoms. The van der Waals surface area contributed by atoms with Gasteiger partial charge in [0.15, 0.2) is 0 Å². The summed E-state index contributed by atoms with van der Waals surface area (Å²) in [4.78, 5) is 0. The summed E-state index contributed by atoms with van der Waals surface area (Å²) >= 11 is 3.47. The molecule has 0 fully saturated rings. The van der Waals surface area contributed by atoms with Gasteiger partial charge in [-0.25, -0.2) is 0 Å². The summed E-state index contributed by atoms with van der Waals surface area (Å²) in [6.45, 7) is 0.461. The first-order valence-electron chi connectivity index (χ1n) is 7.38. The summed E-state index contributed by atoms with van der Waals surface area (Å²) in [5.74, 6) is -0.00160. The Labute approximate surface area is 135 Å². The second-order valence-electron chi connectivity index (χ2n) is 5.34. The van der Waals surface area contributed by atoms with E-state index >= 15 is 0 Å². The Kier molecular flexibility index (Phi) is 6.43. The number of nitrogens with two attached hydrogens (primary N) is 1. The van der Waals surface area contributed by atoms with Crippen molar-refractivity contribution in [1.29, 1.82) is 0 Å². The topological polar surface area (TPSA) is 46.2 Å². The fraction of sp³-hybridized carbons (Fsp3) is 0.333. The zero-order valence-corrected chi connectivity index (χ0v) is 13.7. The number of hydrogen-bond acceptors (Lipinski definition) is 2. The molecular formula is C18H22BrNO. The molecule has 2 nitrogen and oxygen atoms in total. The molecule has 2 atom stereocenters. The number of aliphatic hydroxyl groups is 1. The monoisotopic (exact) mass is 347 g/mol. The smallest absolute Gasteiger partial charge is 0.0621 e. The van der Waals surface area contributed by atoms with Crippen molar-refractivity contribution in [3.8, 4) is 0 Å². The minimum absolute atomic E-state index is 0.00160. The molecule has 0 bridgehead atoms. The lowest BCUT2D eigenvalue weighted by Crippen LogP contribution is -2.26. The van der Waals surface area contributed by atoms with Crippen molar-refractivity contribution < 1.29 is 5.11 Å². The van der Waals surface area contributed by atoms with E-state index in [-0.39, 0.29) is 5.92 Å². The Morgan fingerprint density at radius 2 is 1.81 bits per heavy atom. The van der Waals surface area contributed by atoms with Crippen molar-refractivity contribution in [3.63, 3.8) is 0 Å². The maximum Gasteiger partial charge on any atom is 0.0621 e. The second-order valence-corrected chi connectivity index (χ2v) is 6.26. The lowest BCUT2D eigenvalue weighted by molar-refractivity contribution is 0.133. The third-order valence-corrected chi connectivity index (χ3v) is 4.30. The molecule has 2 rings (SSSR count). The van der Waals surface area contributed by atoms with Gasteiger partial charge in [0.05, 0.1) is 6.10 Å². The van der Waals surface area contributed by atoms with Gasteiger partial charge in [-0.2, -0.15) is 0 Å². The summed E-state index contributed by atoms with van der Waals surface area (Å²) < 4.78 is 1.02. The van der Waals surface area contributed by atoms with Crippen LogP contribution in [0.3, 0.4) is 0 Å². The third-order valence-electron chi connectivity index (χ3n) is 3.80. The first kappa shape index (κ1) is 16.2. The van der Waals surface area contributed by atoms with Gasteiger partial charge in [0.25, 0.3) is 0 Å². The Morgan fingerprint density at radius 3 is 2.48 bits per heavy atom. The van der Waals surface area contributed by atoms with E-state index in [2.05, 4.69) is 40.2 Å². The van der Waals surface area contributed by atoms with E-state index in [0.29, 0.717) is 6.54 Å². The van der Waals surface area contributed by atoms with Crippen molar-refractivity contribution >= 4 is 15.9 Å². The summed E-state index contributed by atoms with van der Waals surface area (Å²) in [6.07, 6.45) is 2.33. The van der Waals surface area contributed by atoms with Gasteiger partial charge in [-0.1, -0.05) is 58.4 Å². The average molecular weight is 348 g/mol. The molecule has 0 aromatic heterocycles. The Bertz CT molecular complexity index is 544. The van der Waals surface area contributed by atoms with Crippen LogP contribution in [0.15, 0.2) is 59.1 Å². The normalized spacial score (nSPS) is 13.9. The molecule has 0 aliphatic rings. The van der Waals surface area contributed by atoms with E-state index in [1.54, 1.807) is 0 Å². The van der Waals surface area contributed by atoms with Gasteiger partial charge < -0.3 is 10.8 Å². The lowest BCUT2D eigenvalue weighted by atomic mass is 9.90. The van der Waals surface area contributed by atoms with Crippen molar-refractivity contribution in [2.75, 3.05) is 6.54 Å². The van der Waals surface area contributed by atoms with Crippen LogP contribution in [0.5, 0.6) is 0 Å². The molecule has 3 N–H and O–H groups in total. The molecule has 0 amide bonds. The molecule has 2 aromatic carbocycles. The van der Waals surface area contributed by atoms with Gasteiger partial charge in [0, 0.05) is 16.9 Å². The quantitative estimate of drug-likeness (QED) is 0.798. The van der Waals surface area contributed by atoms with Gasteiger partial charge in [0.2, 0.25) is 0 Å². The average Bonchev–Trinajstić information content (AvgIpc) is 2.49. The van der Waals surface area contributed by atoms with Crippen LogP contribution in [-0.4, -0.2) is 17.8 Å². The van der Waals surface area contributed by atoms with E-state index in [0.717, 1.165) is 29.3 Å². The first-order chi connectivity index (χ1) is 10.2. The Balaban J connectivity index is 1.90. The molecule has 2 aromatic rings. The van der Waals surface area contributed by atoms with Crippen molar-refractivity contribution in [1.82, 2.24) is 0 Å². The summed E-state index contributed by atoms with van der Waals surface area (Å²) in [5.41, 5.74) is 8.28. The van der Waals surface area contributed by atoms with Gasteiger partial charge in [-0.3, -0.25) is 0 Å². The van der Waals surface area contributed by atoms with Crippen LogP contribution < -0.4 is 5.73 Å². The van der Waals surface area contributed by atoms with E-state index < -0.39 is 6.10 Å². The molecule has 0 heterocycles. The van der Waals surface area contributed by atoms with Gasteiger partial charge in [0.1, 0.15) is 0 Å². The number of halogens is 1. The largest absolute Gasteiger partial charge is 0.392 e. The first-order valence-corrected chi connectivity index (χ1v) is 8.17. The molecule has 2 unspecified atom stereocenters. The van der Waals surface area contributed by atoms with Crippen molar-refractivity contribution in [3.05, 3.63) is 70.2 Å². The lowest BCUT2D eigenvalue weighted by Gasteiger charge is -2.22. The summed E-state index contributed by atoms with van der Waals surface area (Å²) in [5, 5.41) is 10.4. The highest BCUT2D eigenvalue weighted by Gasteiger charge is 2.19. The summed E-state index contributed by atoms with van der Waals surface area (Å²) in [7, 11) is 0. The maximum absolute atomic E-state index is 10.4. The van der Waals surface area contributed by atoms with Crippen LogP contribution in [-0.2, 0) is 6.42 Å². The van der Waals surface area contributed by atoms with Crippen LogP contribution in [0.25, 0.3) is 0 Å². The minimum atomic E-state index is -0.395. The molecule has 0 saturated carbocycles. The van der Waals surface area contributed by atoms with E-state index in [1.807, 2.05) is 30.3 Å². The number of aryl methyl sites for hydroxylation is 1.